The Balaban J connectivity index is 1.34. The molecule has 2 aromatic heterocycles. The van der Waals surface area contributed by atoms with Gasteiger partial charge in [0.15, 0.2) is 0 Å². The van der Waals surface area contributed by atoms with Crippen LogP contribution in [0.25, 0.3) is 22.5 Å². The lowest BCUT2D eigenvalue weighted by molar-refractivity contribution is 0.367. The van der Waals surface area contributed by atoms with Crippen LogP contribution in [0.3, 0.4) is 0 Å². The summed E-state index contributed by atoms with van der Waals surface area (Å²) in [6.07, 6.45) is 3.58. The molecular formula is C21H18N4O2. The Labute approximate surface area is 156 Å². The van der Waals surface area contributed by atoms with E-state index in [0.29, 0.717) is 24.8 Å². The predicted octanol–water partition coefficient (Wildman–Crippen LogP) is 3.79. The molecule has 0 aliphatic rings. The number of aromatic hydroxyl groups is 1. The van der Waals surface area contributed by atoms with Crippen molar-refractivity contribution in [1.29, 1.82) is 0 Å². The van der Waals surface area contributed by atoms with Crippen LogP contribution in [0.15, 0.2) is 77.6 Å². The minimum absolute atomic E-state index is 0.173. The van der Waals surface area contributed by atoms with Crippen LogP contribution in [-0.4, -0.2) is 20.2 Å². The fraction of sp³-hybridized carbons (Fsp3) is 0.0952. The van der Waals surface area contributed by atoms with E-state index in [0.717, 1.165) is 16.7 Å². The average Bonchev–Trinajstić information content (AvgIpc) is 3.18. The van der Waals surface area contributed by atoms with Crippen molar-refractivity contribution >= 4 is 0 Å². The van der Waals surface area contributed by atoms with E-state index in [1.54, 1.807) is 30.6 Å². The van der Waals surface area contributed by atoms with Crippen molar-refractivity contribution in [3.63, 3.8) is 0 Å². The second-order valence-electron chi connectivity index (χ2n) is 6.10. The molecule has 0 saturated carbocycles. The summed E-state index contributed by atoms with van der Waals surface area (Å²) in [6, 6.07) is 19.1. The number of phenolic OH excluding ortho intramolecular Hbond substituents is 1. The van der Waals surface area contributed by atoms with E-state index in [-0.39, 0.29) is 5.75 Å². The maximum atomic E-state index is 9.54. The maximum Gasteiger partial charge on any atom is 0.240 e. The molecule has 2 heterocycles. The first-order valence-electron chi connectivity index (χ1n) is 8.60. The van der Waals surface area contributed by atoms with E-state index in [1.165, 1.54) is 5.56 Å². The minimum atomic E-state index is 0.173. The van der Waals surface area contributed by atoms with Crippen molar-refractivity contribution in [1.82, 2.24) is 20.4 Å². The second-order valence-corrected chi connectivity index (χ2v) is 6.10. The molecule has 0 spiro atoms. The number of phenols is 1. The van der Waals surface area contributed by atoms with E-state index in [9.17, 15) is 5.11 Å². The van der Waals surface area contributed by atoms with Crippen LogP contribution >= 0.6 is 0 Å². The van der Waals surface area contributed by atoms with Crippen LogP contribution in [0.2, 0.25) is 0 Å². The van der Waals surface area contributed by atoms with Crippen molar-refractivity contribution in [2.75, 3.05) is 0 Å². The van der Waals surface area contributed by atoms with Crippen molar-refractivity contribution in [3.05, 3.63) is 84.5 Å². The Morgan fingerprint density at radius 3 is 2.41 bits per heavy atom. The summed E-state index contributed by atoms with van der Waals surface area (Å²) >= 11 is 0. The summed E-state index contributed by atoms with van der Waals surface area (Å²) in [5.41, 5.74) is 4.20. The number of hydrogen-bond acceptors (Lipinski definition) is 6. The zero-order valence-electron chi connectivity index (χ0n) is 14.5. The predicted molar refractivity (Wildman–Crippen MR) is 102 cm³/mol. The molecule has 0 aliphatic carbocycles. The second kappa shape index (κ2) is 7.80. The van der Waals surface area contributed by atoms with E-state index >= 15 is 0 Å². The van der Waals surface area contributed by atoms with Crippen molar-refractivity contribution in [2.45, 2.75) is 13.1 Å². The molecule has 0 fully saturated rings. The summed E-state index contributed by atoms with van der Waals surface area (Å²) < 4.78 is 5.26. The van der Waals surface area contributed by atoms with E-state index in [4.69, 9.17) is 4.52 Å². The number of nitrogens with one attached hydrogen (secondary N) is 1. The highest BCUT2D eigenvalue weighted by molar-refractivity contribution is 5.62. The van der Waals surface area contributed by atoms with Crippen LogP contribution in [0, 0.1) is 0 Å². The van der Waals surface area contributed by atoms with Gasteiger partial charge in [-0.25, -0.2) is 0 Å². The third-order valence-corrected chi connectivity index (χ3v) is 4.15. The van der Waals surface area contributed by atoms with Crippen molar-refractivity contribution < 1.29 is 9.63 Å². The molecule has 0 unspecified atom stereocenters. The van der Waals surface area contributed by atoms with Gasteiger partial charge in [0.1, 0.15) is 5.75 Å². The monoisotopic (exact) mass is 358 g/mol. The number of pyridine rings is 1. The van der Waals surface area contributed by atoms with Gasteiger partial charge in [-0.1, -0.05) is 41.6 Å². The Morgan fingerprint density at radius 1 is 0.852 bits per heavy atom. The molecule has 0 saturated heterocycles. The SMILES string of the molecule is Oc1cccc(-c2noc(CNCc3ccc(-c4ccncc4)cc3)n2)c1. The van der Waals surface area contributed by atoms with Gasteiger partial charge < -0.3 is 14.9 Å². The molecular weight excluding hydrogens is 340 g/mol. The fourth-order valence-corrected chi connectivity index (χ4v) is 2.76. The summed E-state index contributed by atoms with van der Waals surface area (Å²) in [4.78, 5) is 8.39. The molecule has 4 aromatic rings. The zero-order chi connectivity index (χ0) is 18.5. The van der Waals surface area contributed by atoms with Gasteiger partial charge in [-0.15, -0.1) is 0 Å². The summed E-state index contributed by atoms with van der Waals surface area (Å²) in [5, 5.41) is 16.8. The average molecular weight is 358 g/mol. The summed E-state index contributed by atoms with van der Waals surface area (Å²) in [6.45, 7) is 1.17. The number of nitrogens with zero attached hydrogens (tertiary/aromatic N) is 3. The molecule has 0 amide bonds. The molecule has 0 atom stereocenters. The smallest absolute Gasteiger partial charge is 0.240 e. The maximum absolute atomic E-state index is 9.54. The quantitative estimate of drug-likeness (QED) is 0.545. The third-order valence-electron chi connectivity index (χ3n) is 4.15. The summed E-state index contributed by atoms with van der Waals surface area (Å²) in [5.74, 6) is 1.14. The van der Waals surface area contributed by atoms with Gasteiger partial charge in [-0.05, 0) is 41.0 Å². The van der Waals surface area contributed by atoms with Gasteiger partial charge in [0.25, 0.3) is 0 Å². The molecule has 2 aromatic carbocycles. The van der Waals surface area contributed by atoms with Crippen molar-refractivity contribution in [3.8, 4) is 28.3 Å². The van der Waals surface area contributed by atoms with Gasteiger partial charge in [0.2, 0.25) is 11.7 Å². The molecule has 0 bridgehead atoms. The zero-order valence-corrected chi connectivity index (χ0v) is 14.5. The first kappa shape index (κ1) is 16.9. The lowest BCUT2D eigenvalue weighted by atomic mass is 10.1. The van der Waals surface area contributed by atoms with E-state index in [2.05, 4.69) is 44.7 Å². The molecule has 2 N–H and O–H groups in total. The van der Waals surface area contributed by atoms with Gasteiger partial charge in [0.05, 0.1) is 6.54 Å². The first-order valence-corrected chi connectivity index (χ1v) is 8.60. The standard InChI is InChI=1S/C21H18N4O2/c26-19-3-1-2-18(12-19)21-24-20(27-25-21)14-23-13-15-4-6-16(7-5-15)17-8-10-22-11-9-17/h1-12,23,26H,13-14H2. The van der Waals surface area contributed by atoms with Crippen LogP contribution < -0.4 is 5.32 Å². The first-order chi connectivity index (χ1) is 13.3. The van der Waals surface area contributed by atoms with Gasteiger partial charge in [-0.2, -0.15) is 4.98 Å². The molecule has 6 heteroatoms. The van der Waals surface area contributed by atoms with Crippen LogP contribution in [-0.2, 0) is 13.1 Å². The van der Waals surface area contributed by atoms with Gasteiger partial charge in [0, 0.05) is 24.5 Å². The molecule has 0 aliphatic heterocycles. The Hall–Kier alpha value is -3.51. The topological polar surface area (TPSA) is 84.1 Å². The summed E-state index contributed by atoms with van der Waals surface area (Å²) in [7, 11) is 0. The Morgan fingerprint density at radius 2 is 1.63 bits per heavy atom. The van der Waals surface area contributed by atoms with E-state index in [1.807, 2.05) is 18.2 Å². The molecule has 134 valence electrons. The van der Waals surface area contributed by atoms with E-state index < -0.39 is 0 Å². The highest BCUT2D eigenvalue weighted by atomic mass is 16.5. The molecule has 6 nitrogen and oxygen atoms in total. The Kier molecular flexibility index (Phi) is 4.89. The minimum Gasteiger partial charge on any atom is -0.508 e. The number of aromatic nitrogens is 3. The lowest BCUT2D eigenvalue weighted by Crippen LogP contribution is -2.12. The molecule has 0 radical (unpaired) electrons. The third kappa shape index (κ3) is 4.19. The highest BCUT2D eigenvalue weighted by Gasteiger charge is 2.09. The van der Waals surface area contributed by atoms with Crippen LogP contribution in [0.1, 0.15) is 11.5 Å². The van der Waals surface area contributed by atoms with Gasteiger partial charge in [-0.3, -0.25) is 4.98 Å². The van der Waals surface area contributed by atoms with Crippen molar-refractivity contribution in [2.24, 2.45) is 0 Å². The number of benzene rings is 2. The van der Waals surface area contributed by atoms with Gasteiger partial charge >= 0.3 is 0 Å². The van der Waals surface area contributed by atoms with Crippen LogP contribution in [0.5, 0.6) is 5.75 Å². The highest BCUT2D eigenvalue weighted by Crippen LogP contribution is 2.21. The number of hydrogen-bond donors (Lipinski definition) is 2. The Bertz CT molecular complexity index is 1010. The molecule has 4 rings (SSSR count). The fourth-order valence-electron chi connectivity index (χ4n) is 2.76. The van der Waals surface area contributed by atoms with Crippen LogP contribution in [0.4, 0.5) is 0 Å². The normalized spacial score (nSPS) is 10.8. The lowest BCUT2D eigenvalue weighted by Gasteiger charge is -2.05. The number of rotatable bonds is 6. The largest absolute Gasteiger partial charge is 0.508 e. The molecule has 27 heavy (non-hydrogen) atoms.